The summed E-state index contributed by atoms with van der Waals surface area (Å²) in [5.74, 6) is 1.14. The minimum atomic E-state index is -0.268. The van der Waals surface area contributed by atoms with Crippen LogP contribution >= 0.6 is 0 Å². The fraction of sp³-hybridized carbons (Fsp3) is 0.240. The molecule has 1 heterocycles. The SMILES string of the molecule is O=C(NCCn1nc(C2CC2)n(-c2ccccc2)c1=O)NCc1cccc2ccccc12. The summed E-state index contributed by atoms with van der Waals surface area (Å²) in [6.45, 7) is 1.07. The van der Waals surface area contributed by atoms with Gasteiger partial charge in [-0.2, -0.15) is 5.10 Å². The largest absolute Gasteiger partial charge is 0.350 e. The summed E-state index contributed by atoms with van der Waals surface area (Å²) < 4.78 is 3.14. The lowest BCUT2D eigenvalue weighted by Crippen LogP contribution is -2.38. The summed E-state index contributed by atoms with van der Waals surface area (Å²) >= 11 is 0. The van der Waals surface area contributed by atoms with E-state index in [4.69, 9.17) is 0 Å². The number of rotatable bonds is 7. The highest BCUT2D eigenvalue weighted by molar-refractivity contribution is 5.86. The van der Waals surface area contributed by atoms with Gasteiger partial charge in [-0.1, -0.05) is 60.7 Å². The van der Waals surface area contributed by atoms with Crippen LogP contribution in [0.3, 0.4) is 0 Å². The molecule has 7 heteroatoms. The van der Waals surface area contributed by atoms with E-state index in [2.05, 4.69) is 33.9 Å². The molecule has 0 unspecified atom stereocenters. The second-order valence-corrected chi connectivity index (χ2v) is 8.06. The molecule has 5 rings (SSSR count). The number of hydrogen-bond donors (Lipinski definition) is 2. The first-order valence-electron chi connectivity index (χ1n) is 10.9. The van der Waals surface area contributed by atoms with E-state index in [1.807, 2.05) is 54.6 Å². The average Bonchev–Trinajstić information content (AvgIpc) is 3.62. The fourth-order valence-corrected chi connectivity index (χ4v) is 3.96. The van der Waals surface area contributed by atoms with E-state index in [0.29, 0.717) is 25.6 Å². The zero-order chi connectivity index (χ0) is 21.9. The van der Waals surface area contributed by atoms with Gasteiger partial charge in [0.15, 0.2) is 0 Å². The van der Waals surface area contributed by atoms with Crippen LogP contribution in [0.25, 0.3) is 16.5 Å². The Morgan fingerprint density at radius 2 is 1.69 bits per heavy atom. The van der Waals surface area contributed by atoms with Crippen molar-refractivity contribution in [1.82, 2.24) is 25.0 Å². The molecule has 32 heavy (non-hydrogen) atoms. The van der Waals surface area contributed by atoms with Crippen molar-refractivity contribution < 1.29 is 4.79 Å². The first kappa shape index (κ1) is 20.1. The molecule has 0 atom stereocenters. The first-order chi connectivity index (χ1) is 15.7. The number of aromatic nitrogens is 3. The van der Waals surface area contributed by atoms with Crippen LogP contribution in [0.15, 0.2) is 77.6 Å². The number of nitrogens with one attached hydrogen (secondary N) is 2. The molecule has 1 aliphatic carbocycles. The third-order valence-corrected chi connectivity index (χ3v) is 5.75. The molecule has 1 aromatic heterocycles. The van der Waals surface area contributed by atoms with Crippen molar-refractivity contribution in [1.29, 1.82) is 0 Å². The van der Waals surface area contributed by atoms with Gasteiger partial charge in [0, 0.05) is 19.0 Å². The average molecular weight is 428 g/mol. The maximum Gasteiger partial charge on any atom is 0.350 e. The summed E-state index contributed by atoms with van der Waals surface area (Å²) in [6.07, 6.45) is 2.11. The van der Waals surface area contributed by atoms with Gasteiger partial charge in [-0.15, -0.1) is 0 Å². The monoisotopic (exact) mass is 427 g/mol. The molecule has 1 fully saturated rings. The third kappa shape index (κ3) is 4.14. The van der Waals surface area contributed by atoms with Crippen LogP contribution < -0.4 is 16.3 Å². The second-order valence-electron chi connectivity index (χ2n) is 8.06. The van der Waals surface area contributed by atoms with Gasteiger partial charge in [-0.25, -0.2) is 18.8 Å². The number of amides is 2. The molecule has 3 aromatic carbocycles. The molecule has 0 spiro atoms. The van der Waals surface area contributed by atoms with Crippen molar-refractivity contribution in [2.45, 2.75) is 31.8 Å². The lowest BCUT2D eigenvalue weighted by atomic mass is 10.0. The zero-order valence-corrected chi connectivity index (χ0v) is 17.7. The predicted octanol–water partition coefficient (Wildman–Crippen LogP) is 3.56. The number of para-hydroxylation sites is 1. The summed E-state index contributed by atoms with van der Waals surface area (Å²) in [5, 5.41) is 12.6. The van der Waals surface area contributed by atoms with Crippen molar-refractivity contribution in [3.63, 3.8) is 0 Å². The smallest absolute Gasteiger partial charge is 0.336 e. The molecule has 2 amide bonds. The highest BCUT2D eigenvalue weighted by Gasteiger charge is 2.31. The van der Waals surface area contributed by atoms with Gasteiger partial charge in [0.2, 0.25) is 0 Å². The molecule has 1 aliphatic rings. The van der Waals surface area contributed by atoms with Crippen molar-refractivity contribution in [3.05, 3.63) is 94.7 Å². The number of urea groups is 1. The maximum absolute atomic E-state index is 13.0. The van der Waals surface area contributed by atoms with Gasteiger partial charge in [0.1, 0.15) is 5.82 Å². The normalized spacial score (nSPS) is 13.2. The number of carbonyl (C=O) groups excluding carboxylic acids is 1. The molecule has 0 saturated heterocycles. The number of fused-ring (bicyclic) bond motifs is 1. The standard InChI is InChI=1S/C25H25N5O2/c31-24(27-17-20-9-6-8-18-7-4-5-12-22(18)20)26-15-16-29-25(32)30(21-10-2-1-3-11-21)23(28-29)19-13-14-19/h1-12,19H,13-17H2,(H2,26,27,31). The van der Waals surface area contributed by atoms with Crippen LogP contribution in [-0.2, 0) is 13.1 Å². The highest BCUT2D eigenvalue weighted by Crippen LogP contribution is 2.39. The summed E-state index contributed by atoms with van der Waals surface area (Å²) in [6, 6.07) is 23.5. The van der Waals surface area contributed by atoms with Crippen LogP contribution in [0.5, 0.6) is 0 Å². The zero-order valence-electron chi connectivity index (χ0n) is 17.7. The first-order valence-corrected chi connectivity index (χ1v) is 10.9. The Morgan fingerprint density at radius 1 is 0.938 bits per heavy atom. The number of hydrogen-bond acceptors (Lipinski definition) is 3. The van der Waals surface area contributed by atoms with Crippen molar-refractivity contribution >= 4 is 16.8 Å². The Morgan fingerprint density at radius 3 is 2.50 bits per heavy atom. The fourth-order valence-electron chi connectivity index (χ4n) is 3.96. The Bertz CT molecular complexity index is 1300. The Hall–Kier alpha value is -3.87. The Kier molecular flexibility index (Phi) is 5.46. The van der Waals surface area contributed by atoms with E-state index < -0.39 is 0 Å². The highest BCUT2D eigenvalue weighted by atomic mass is 16.2. The lowest BCUT2D eigenvalue weighted by molar-refractivity contribution is 0.240. The quantitative estimate of drug-likeness (QED) is 0.473. The van der Waals surface area contributed by atoms with Gasteiger partial charge in [-0.05, 0) is 41.3 Å². The number of nitrogens with zero attached hydrogens (tertiary/aromatic N) is 3. The molecule has 4 aromatic rings. The summed E-state index contributed by atoms with van der Waals surface area (Å²) in [5.41, 5.74) is 1.72. The van der Waals surface area contributed by atoms with Gasteiger partial charge in [-0.3, -0.25) is 0 Å². The second kappa shape index (κ2) is 8.70. The molecule has 0 radical (unpaired) electrons. The van der Waals surface area contributed by atoms with Crippen molar-refractivity contribution in [2.24, 2.45) is 0 Å². The molecular weight excluding hydrogens is 402 g/mol. The van der Waals surface area contributed by atoms with E-state index in [0.717, 1.165) is 40.7 Å². The summed E-state index contributed by atoms with van der Waals surface area (Å²) in [4.78, 5) is 25.3. The molecule has 7 nitrogen and oxygen atoms in total. The molecular formula is C25H25N5O2. The van der Waals surface area contributed by atoms with E-state index in [-0.39, 0.29) is 11.7 Å². The predicted molar refractivity (Wildman–Crippen MR) is 124 cm³/mol. The maximum atomic E-state index is 13.0. The summed E-state index contributed by atoms with van der Waals surface area (Å²) in [7, 11) is 0. The van der Waals surface area contributed by atoms with Crippen LogP contribution in [0.4, 0.5) is 4.79 Å². The number of carbonyl (C=O) groups is 1. The van der Waals surface area contributed by atoms with Crippen LogP contribution in [0, 0.1) is 0 Å². The van der Waals surface area contributed by atoms with E-state index >= 15 is 0 Å². The Balaban J connectivity index is 1.21. The molecule has 2 N–H and O–H groups in total. The topological polar surface area (TPSA) is 81.0 Å². The van der Waals surface area contributed by atoms with Crippen LogP contribution in [-0.4, -0.2) is 26.9 Å². The van der Waals surface area contributed by atoms with E-state index in [9.17, 15) is 9.59 Å². The van der Waals surface area contributed by atoms with E-state index in [1.54, 1.807) is 4.57 Å². The van der Waals surface area contributed by atoms with Gasteiger partial charge in [0.05, 0.1) is 12.2 Å². The van der Waals surface area contributed by atoms with Crippen LogP contribution in [0.1, 0.15) is 30.1 Å². The molecule has 0 bridgehead atoms. The third-order valence-electron chi connectivity index (χ3n) is 5.75. The molecule has 162 valence electrons. The molecule has 0 aliphatic heterocycles. The minimum absolute atomic E-state index is 0.170. The lowest BCUT2D eigenvalue weighted by Gasteiger charge is -2.09. The van der Waals surface area contributed by atoms with Crippen molar-refractivity contribution in [3.8, 4) is 5.69 Å². The van der Waals surface area contributed by atoms with E-state index in [1.165, 1.54) is 4.68 Å². The molecule has 1 saturated carbocycles. The number of benzene rings is 3. The Labute approximate surface area is 185 Å². The van der Waals surface area contributed by atoms with Gasteiger partial charge in [0.25, 0.3) is 0 Å². The van der Waals surface area contributed by atoms with Gasteiger partial charge >= 0.3 is 11.7 Å². The van der Waals surface area contributed by atoms with Crippen molar-refractivity contribution in [2.75, 3.05) is 6.54 Å². The minimum Gasteiger partial charge on any atom is -0.336 e. The van der Waals surface area contributed by atoms with Gasteiger partial charge < -0.3 is 10.6 Å². The van der Waals surface area contributed by atoms with Crippen LogP contribution in [0.2, 0.25) is 0 Å².